The molecule has 0 radical (unpaired) electrons. The zero-order chi connectivity index (χ0) is 18.8. The Balaban J connectivity index is 1.21. The van der Waals surface area contributed by atoms with Crippen LogP contribution in [0.4, 0.5) is 11.4 Å². The molecule has 2 amide bonds. The molecule has 0 aromatic heterocycles. The number of nitrogens with one attached hydrogen (secondary N) is 1. The predicted molar refractivity (Wildman–Crippen MR) is 101 cm³/mol. The van der Waals surface area contributed by atoms with Gasteiger partial charge in [-0.2, -0.15) is 0 Å². The number of carbonyl (C=O) groups excluding carboxylic acids is 3. The van der Waals surface area contributed by atoms with Crippen molar-refractivity contribution >= 4 is 29.2 Å². The largest absolute Gasteiger partial charge is 0.456 e. The molecule has 2 bridgehead atoms. The summed E-state index contributed by atoms with van der Waals surface area (Å²) in [5.74, 6) is 1.44. The van der Waals surface area contributed by atoms with E-state index in [4.69, 9.17) is 4.74 Å². The molecule has 1 heterocycles. The lowest BCUT2D eigenvalue weighted by molar-refractivity contribution is -0.148. The first-order valence-corrected chi connectivity index (χ1v) is 9.94. The van der Waals surface area contributed by atoms with E-state index in [0.717, 1.165) is 31.0 Å². The maximum absolute atomic E-state index is 12.0. The fraction of sp³-hybridized carbons (Fsp3) is 0.571. The van der Waals surface area contributed by atoms with Gasteiger partial charge in [0.15, 0.2) is 6.61 Å². The standard InChI is InChI=1S/C21H26N2O4/c24-19(13-27-21(26)12-16-11-14-3-4-15(16)10-14)22-17-5-7-18(8-6-17)23-9-1-2-20(23)25/h5-8,14-16H,1-4,9-13H2,(H,22,24)/t14-,15-,16+/m1/s1. The molecule has 3 atom stereocenters. The molecule has 0 spiro atoms. The van der Waals surface area contributed by atoms with E-state index in [2.05, 4.69) is 5.32 Å². The van der Waals surface area contributed by atoms with Gasteiger partial charge in [0.1, 0.15) is 0 Å². The summed E-state index contributed by atoms with van der Waals surface area (Å²) in [7, 11) is 0. The lowest BCUT2D eigenvalue weighted by Crippen LogP contribution is -2.24. The van der Waals surface area contributed by atoms with Crippen molar-refractivity contribution in [3.05, 3.63) is 24.3 Å². The highest BCUT2D eigenvalue weighted by Crippen LogP contribution is 2.49. The van der Waals surface area contributed by atoms with Crippen LogP contribution in [0.2, 0.25) is 0 Å². The van der Waals surface area contributed by atoms with Crippen LogP contribution < -0.4 is 10.2 Å². The average Bonchev–Trinajstić information content (AvgIpc) is 3.38. The smallest absolute Gasteiger partial charge is 0.306 e. The highest BCUT2D eigenvalue weighted by Gasteiger charge is 2.40. The Labute approximate surface area is 159 Å². The Bertz CT molecular complexity index is 730. The third kappa shape index (κ3) is 4.15. The Morgan fingerprint density at radius 1 is 1.15 bits per heavy atom. The second kappa shape index (κ2) is 7.71. The fourth-order valence-electron chi connectivity index (χ4n) is 4.89. The van der Waals surface area contributed by atoms with E-state index in [1.165, 1.54) is 19.3 Å². The van der Waals surface area contributed by atoms with Crippen LogP contribution in [-0.2, 0) is 19.1 Å². The van der Waals surface area contributed by atoms with Gasteiger partial charge in [0.2, 0.25) is 5.91 Å². The molecular formula is C21H26N2O4. The summed E-state index contributed by atoms with van der Waals surface area (Å²) in [4.78, 5) is 37.5. The normalized spacial score (nSPS) is 26.4. The molecule has 6 heteroatoms. The van der Waals surface area contributed by atoms with Gasteiger partial charge in [0.25, 0.3) is 5.91 Å². The summed E-state index contributed by atoms with van der Waals surface area (Å²) in [6, 6.07) is 7.16. The number of ether oxygens (including phenoxy) is 1. The zero-order valence-electron chi connectivity index (χ0n) is 15.5. The molecule has 1 aromatic rings. The molecule has 0 unspecified atom stereocenters. The summed E-state index contributed by atoms with van der Waals surface area (Å²) in [5, 5.41) is 2.73. The lowest BCUT2D eigenvalue weighted by atomic mass is 9.86. The predicted octanol–water partition coefficient (Wildman–Crippen LogP) is 3.12. The fourth-order valence-corrected chi connectivity index (χ4v) is 4.89. The molecule has 1 N–H and O–H groups in total. The van der Waals surface area contributed by atoms with Crippen molar-refractivity contribution in [1.82, 2.24) is 0 Å². The van der Waals surface area contributed by atoms with Crippen molar-refractivity contribution < 1.29 is 19.1 Å². The van der Waals surface area contributed by atoms with Crippen LogP contribution in [0.3, 0.4) is 0 Å². The number of hydrogen-bond acceptors (Lipinski definition) is 4. The Morgan fingerprint density at radius 3 is 2.59 bits per heavy atom. The van der Waals surface area contributed by atoms with Gasteiger partial charge in [-0.15, -0.1) is 0 Å². The molecule has 27 heavy (non-hydrogen) atoms. The van der Waals surface area contributed by atoms with Gasteiger partial charge in [-0.05, 0) is 67.7 Å². The van der Waals surface area contributed by atoms with Crippen molar-refractivity contribution in [2.45, 2.75) is 44.9 Å². The summed E-state index contributed by atoms with van der Waals surface area (Å²) >= 11 is 0. The van der Waals surface area contributed by atoms with Gasteiger partial charge >= 0.3 is 5.97 Å². The summed E-state index contributed by atoms with van der Waals surface area (Å²) in [5.41, 5.74) is 1.47. The maximum atomic E-state index is 12.0. The monoisotopic (exact) mass is 370 g/mol. The third-order valence-electron chi connectivity index (χ3n) is 6.21. The second-order valence-electron chi connectivity index (χ2n) is 8.04. The van der Waals surface area contributed by atoms with Crippen molar-refractivity contribution in [2.24, 2.45) is 17.8 Å². The van der Waals surface area contributed by atoms with E-state index in [-0.39, 0.29) is 24.4 Å². The molecule has 4 rings (SSSR count). The van der Waals surface area contributed by atoms with Crippen molar-refractivity contribution in [3.8, 4) is 0 Å². The highest BCUT2D eigenvalue weighted by atomic mass is 16.5. The molecule has 144 valence electrons. The number of amides is 2. The van der Waals surface area contributed by atoms with Crippen molar-refractivity contribution in [3.63, 3.8) is 0 Å². The van der Waals surface area contributed by atoms with E-state index >= 15 is 0 Å². The third-order valence-corrected chi connectivity index (χ3v) is 6.21. The number of nitrogens with zero attached hydrogens (tertiary/aromatic N) is 1. The summed E-state index contributed by atoms with van der Waals surface area (Å²) in [6.07, 6.45) is 6.85. The Kier molecular flexibility index (Phi) is 5.14. The van der Waals surface area contributed by atoms with Gasteiger partial charge < -0.3 is 15.0 Å². The molecule has 3 aliphatic rings. The summed E-state index contributed by atoms with van der Waals surface area (Å²) < 4.78 is 5.16. The van der Waals surface area contributed by atoms with E-state index in [1.54, 1.807) is 17.0 Å². The molecule has 1 aromatic carbocycles. The van der Waals surface area contributed by atoms with Crippen LogP contribution in [0.15, 0.2) is 24.3 Å². The zero-order valence-corrected chi connectivity index (χ0v) is 15.5. The SMILES string of the molecule is O=C(COC(=O)C[C@@H]1C[C@@H]2CC[C@@H]1C2)Nc1ccc(N2CCCC2=O)cc1. The molecule has 1 saturated heterocycles. The number of carbonyl (C=O) groups is 3. The number of rotatable bonds is 6. The van der Waals surface area contributed by atoms with Crippen molar-refractivity contribution in [1.29, 1.82) is 0 Å². The van der Waals surface area contributed by atoms with Gasteiger partial charge in [-0.25, -0.2) is 0 Å². The average molecular weight is 370 g/mol. The van der Waals surface area contributed by atoms with E-state index < -0.39 is 0 Å². The number of hydrogen-bond donors (Lipinski definition) is 1. The first kappa shape index (κ1) is 18.0. The Hall–Kier alpha value is -2.37. The first-order valence-electron chi connectivity index (χ1n) is 9.94. The van der Waals surface area contributed by atoms with Crippen LogP contribution in [0.25, 0.3) is 0 Å². The minimum absolute atomic E-state index is 0.134. The van der Waals surface area contributed by atoms with Gasteiger partial charge in [0.05, 0.1) is 0 Å². The molecule has 6 nitrogen and oxygen atoms in total. The van der Waals surface area contributed by atoms with E-state index in [0.29, 0.717) is 30.4 Å². The number of fused-ring (bicyclic) bond motifs is 2. The minimum Gasteiger partial charge on any atom is -0.456 e. The molecular weight excluding hydrogens is 344 g/mol. The van der Waals surface area contributed by atoms with Gasteiger partial charge in [0, 0.05) is 30.8 Å². The van der Waals surface area contributed by atoms with Crippen molar-refractivity contribution in [2.75, 3.05) is 23.4 Å². The Morgan fingerprint density at radius 2 is 1.96 bits per heavy atom. The van der Waals surface area contributed by atoms with Crippen LogP contribution in [0.5, 0.6) is 0 Å². The number of esters is 1. The number of benzene rings is 1. The highest BCUT2D eigenvalue weighted by molar-refractivity contribution is 5.96. The van der Waals surface area contributed by atoms with E-state index in [9.17, 15) is 14.4 Å². The second-order valence-corrected chi connectivity index (χ2v) is 8.04. The number of anilines is 2. The lowest BCUT2D eigenvalue weighted by Gasteiger charge is -2.20. The van der Waals surface area contributed by atoms with Crippen LogP contribution >= 0.6 is 0 Å². The summed E-state index contributed by atoms with van der Waals surface area (Å²) in [6.45, 7) is 0.481. The maximum Gasteiger partial charge on any atom is 0.306 e. The topological polar surface area (TPSA) is 75.7 Å². The van der Waals surface area contributed by atoms with Crippen LogP contribution in [-0.4, -0.2) is 30.9 Å². The quantitative estimate of drug-likeness (QED) is 0.781. The first-order chi connectivity index (χ1) is 13.1. The van der Waals surface area contributed by atoms with Gasteiger partial charge in [-0.1, -0.05) is 6.42 Å². The van der Waals surface area contributed by atoms with Crippen LogP contribution in [0, 0.1) is 17.8 Å². The van der Waals surface area contributed by atoms with E-state index in [1.807, 2.05) is 12.1 Å². The molecule has 2 aliphatic carbocycles. The molecule has 2 saturated carbocycles. The van der Waals surface area contributed by atoms with Crippen LogP contribution in [0.1, 0.15) is 44.9 Å². The molecule has 1 aliphatic heterocycles. The minimum atomic E-state index is -0.346. The molecule has 3 fully saturated rings. The van der Waals surface area contributed by atoms with Gasteiger partial charge in [-0.3, -0.25) is 14.4 Å².